The van der Waals surface area contributed by atoms with Crippen LogP contribution in [0.15, 0.2) is 0 Å². The fourth-order valence-corrected chi connectivity index (χ4v) is 1.67. The zero-order valence-corrected chi connectivity index (χ0v) is 10.8. The van der Waals surface area contributed by atoms with E-state index in [9.17, 15) is 9.90 Å². The van der Waals surface area contributed by atoms with Gasteiger partial charge in [-0.1, -0.05) is 6.92 Å². The first-order chi connectivity index (χ1) is 8.06. The van der Waals surface area contributed by atoms with Gasteiger partial charge in [0.25, 0.3) is 0 Å². The Morgan fingerprint density at radius 3 is 2.71 bits per heavy atom. The lowest BCUT2D eigenvalue weighted by atomic mass is 9.94. The van der Waals surface area contributed by atoms with Crippen LogP contribution < -0.4 is 10.6 Å². The number of amides is 1. The summed E-state index contributed by atoms with van der Waals surface area (Å²) < 4.78 is 5.18. The van der Waals surface area contributed by atoms with Crippen molar-refractivity contribution in [3.8, 4) is 0 Å². The van der Waals surface area contributed by atoms with Crippen LogP contribution in [0.1, 0.15) is 33.1 Å². The molecule has 5 heteroatoms. The third-order valence-corrected chi connectivity index (χ3v) is 3.26. The van der Waals surface area contributed by atoms with Gasteiger partial charge in [-0.25, -0.2) is 0 Å². The Balaban J connectivity index is 2.18. The van der Waals surface area contributed by atoms with E-state index in [1.165, 1.54) is 0 Å². The lowest BCUT2D eigenvalue weighted by Crippen LogP contribution is -2.48. The van der Waals surface area contributed by atoms with Crippen LogP contribution in [0, 0.1) is 0 Å². The monoisotopic (exact) mass is 244 g/mol. The van der Waals surface area contributed by atoms with Gasteiger partial charge in [0.2, 0.25) is 5.91 Å². The molecular weight excluding hydrogens is 220 g/mol. The maximum absolute atomic E-state index is 11.5. The van der Waals surface area contributed by atoms with Crippen molar-refractivity contribution in [1.82, 2.24) is 10.6 Å². The molecule has 0 bridgehead atoms. The number of nitrogens with one attached hydrogen (secondary N) is 2. The average Bonchev–Trinajstić information content (AvgIpc) is 2.34. The van der Waals surface area contributed by atoms with Crippen LogP contribution in [0.4, 0.5) is 0 Å². The van der Waals surface area contributed by atoms with Crippen LogP contribution in [-0.4, -0.2) is 49.0 Å². The minimum absolute atomic E-state index is 0.0646. The Hall–Kier alpha value is -0.650. The Kier molecular flexibility index (Phi) is 5.88. The lowest BCUT2D eigenvalue weighted by Gasteiger charge is -2.32. The summed E-state index contributed by atoms with van der Waals surface area (Å²) in [5.41, 5.74) is -0.787. The number of rotatable bonds is 6. The van der Waals surface area contributed by atoms with Crippen molar-refractivity contribution >= 4 is 5.91 Å². The quantitative estimate of drug-likeness (QED) is 0.616. The SMILES string of the molecule is CCC(C)NCC(=O)NCC1(O)CCOCC1. The molecule has 0 aromatic heterocycles. The van der Waals surface area contributed by atoms with Crippen LogP contribution in [0.5, 0.6) is 0 Å². The Morgan fingerprint density at radius 2 is 2.12 bits per heavy atom. The molecule has 0 aromatic rings. The number of aliphatic hydroxyl groups is 1. The predicted octanol–water partition coefficient (Wildman–Crippen LogP) is 0.0322. The van der Waals surface area contributed by atoms with Crippen molar-refractivity contribution in [2.75, 3.05) is 26.3 Å². The van der Waals surface area contributed by atoms with Crippen LogP contribution >= 0.6 is 0 Å². The largest absolute Gasteiger partial charge is 0.388 e. The predicted molar refractivity (Wildman–Crippen MR) is 65.8 cm³/mol. The summed E-state index contributed by atoms with van der Waals surface area (Å²) in [5, 5.41) is 16.0. The molecule has 1 aliphatic heterocycles. The first kappa shape index (κ1) is 14.4. The number of ether oxygens (including phenoxy) is 1. The topological polar surface area (TPSA) is 70.6 Å². The second-order valence-corrected chi connectivity index (χ2v) is 4.80. The van der Waals surface area contributed by atoms with Gasteiger partial charge in [-0.3, -0.25) is 4.79 Å². The van der Waals surface area contributed by atoms with E-state index in [0.29, 0.717) is 45.2 Å². The Labute approximate surface area is 103 Å². The number of hydrogen-bond acceptors (Lipinski definition) is 4. The van der Waals surface area contributed by atoms with Crippen molar-refractivity contribution in [1.29, 1.82) is 0 Å². The highest BCUT2D eigenvalue weighted by Gasteiger charge is 2.29. The van der Waals surface area contributed by atoms with E-state index >= 15 is 0 Å². The van der Waals surface area contributed by atoms with E-state index in [-0.39, 0.29) is 5.91 Å². The van der Waals surface area contributed by atoms with Gasteiger partial charge in [0.15, 0.2) is 0 Å². The number of carbonyl (C=O) groups is 1. The summed E-state index contributed by atoms with van der Waals surface area (Å²) in [6, 6.07) is 0.340. The molecule has 0 aliphatic carbocycles. The van der Waals surface area contributed by atoms with Crippen molar-refractivity contribution in [3.05, 3.63) is 0 Å². The summed E-state index contributed by atoms with van der Waals surface area (Å²) in [5.74, 6) is -0.0646. The van der Waals surface area contributed by atoms with E-state index in [2.05, 4.69) is 17.6 Å². The van der Waals surface area contributed by atoms with Crippen LogP contribution in [0.3, 0.4) is 0 Å². The maximum atomic E-state index is 11.5. The van der Waals surface area contributed by atoms with Gasteiger partial charge in [-0.05, 0) is 13.3 Å². The van der Waals surface area contributed by atoms with E-state index in [1.807, 2.05) is 6.92 Å². The zero-order valence-electron chi connectivity index (χ0n) is 10.8. The molecule has 1 heterocycles. The summed E-state index contributed by atoms with van der Waals surface area (Å²) >= 11 is 0. The van der Waals surface area contributed by atoms with Gasteiger partial charge < -0.3 is 20.5 Å². The van der Waals surface area contributed by atoms with Crippen LogP contribution in [-0.2, 0) is 9.53 Å². The number of hydrogen-bond donors (Lipinski definition) is 3. The van der Waals surface area contributed by atoms with E-state index in [0.717, 1.165) is 6.42 Å². The normalized spacial score (nSPS) is 20.9. The zero-order chi connectivity index (χ0) is 12.7. The van der Waals surface area contributed by atoms with Gasteiger partial charge in [-0.2, -0.15) is 0 Å². The van der Waals surface area contributed by atoms with E-state index in [4.69, 9.17) is 4.74 Å². The lowest BCUT2D eigenvalue weighted by molar-refractivity contribution is -0.123. The fourth-order valence-electron chi connectivity index (χ4n) is 1.67. The molecule has 1 unspecified atom stereocenters. The molecule has 100 valence electrons. The van der Waals surface area contributed by atoms with Gasteiger partial charge in [0.1, 0.15) is 0 Å². The van der Waals surface area contributed by atoms with E-state index in [1.54, 1.807) is 0 Å². The molecular formula is C12H24N2O3. The van der Waals surface area contributed by atoms with E-state index < -0.39 is 5.60 Å². The van der Waals surface area contributed by atoms with Crippen LogP contribution in [0.25, 0.3) is 0 Å². The molecule has 0 aromatic carbocycles. The van der Waals surface area contributed by atoms with Gasteiger partial charge >= 0.3 is 0 Å². The molecule has 0 spiro atoms. The minimum Gasteiger partial charge on any atom is -0.388 e. The Morgan fingerprint density at radius 1 is 1.47 bits per heavy atom. The second-order valence-electron chi connectivity index (χ2n) is 4.80. The molecule has 1 fully saturated rings. The summed E-state index contributed by atoms with van der Waals surface area (Å²) in [4.78, 5) is 11.5. The average molecular weight is 244 g/mol. The first-order valence-electron chi connectivity index (χ1n) is 6.36. The second kappa shape index (κ2) is 6.93. The Bertz CT molecular complexity index is 240. The molecule has 1 amide bonds. The minimum atomic E-state index is -0.787. The molecule has 0 radical (unpaired) electrons. The molecule has 0 saturated carbocycles. The fraction of sp³-hybridized carbons (Fsp3) is 0.917. The van der Waals surface area contributed by atoms with Crippen molar-refractivity contribution in [2.24, 2.45) is 0 Å². The summed E-state index contributed by atoms with van der Waals surface area (Å²) in [7, 11) is 0. The standard InChI is InChI=1S/C12H24N2O3/c1-3-10(2)13-8-11(15)14-9-12(16)4-6-17-7-5-12/h10,13,16H,3-9H2,1-2H3,(H,14,15). The molecule has 5 nitrogen and oxygen atoms in total. The van der Waals surface area contributed by atoms with Crippen molar-refractivity contribution in [2.45, 2.75) is 44.8 Å². The highest BCUT2D eigenvalue weighted by molar-refractivity contribution is 5.78. The van der Waals surface area contributed by atoms with Crippen molar-refractivity contribution in [3.63, 3.8) is 0 Å². The molecule has 3 N–H and O–H groups in total. The third-order valence-electron chi connectivity index (χ3n) is 3.26. The van der Waals surface area contributed by atoms with Gasteiger partial charge in [-0.15, -0.1) is 0 Å². The van der Waals surface area contributed by atoms with Gasteiger partial charge in [0, 0.05) is 38.6 Å². The van der Waals surface area contributed by atoms with Crippen LogP contribution in [0.2, 0.25) is 0 Å². The van der Waals surface area contributed by atoms with Gasteiger partial charge in [0.05, 0.1) is 12.1 Å². The molecule has 1 atom stereocenters. The highest BCUT2D eigenvalue weighted by Crippen LogP contribution is 2.18. The summed E-state index contributed by atoms with van der Waals surface area (Å²) in [6.45, 7) is 5.87. The summed E-state index contributed by atoms with van der Waals surface area (Å²) in [6.07, 6.45) is 2.17. The van der Waals surface area contributed by atoms with Crippen molar-refractivity contribution < 1.29 is 14.6 Å². The molecule has 1 rings (SSSR count). The first-order valence-corrected chi connectivity index (χ1v) is 6.36. The molecule has 1 aliphatic rings. The molecule has 17 heavy (non-hydrogen) atoms. The smallest absolute Gasteiger partial charge is 0.234 e. The third kappa shape index (κ3) is 5.48. The maximum Gasteiger partial charge on any atom is 0.234 e. The number of carbonyl (C=O) groups excluding carboxylic acids is 1. The highest BCUT2D eigenvalue weighted by atomic mass is 16.5. The molecule has 1 saturated heterocycles.